The molecule has 0 atom stereocenters. The molecule has 9 nitrogen and oxygen atoms in total. The average molecular weight is 239 g/mol. The van der Waals surface area contributed by atoms with Crippen LogP contribution in [-0.4, -0.2) is 37.1 Å². The molecule has 0 bridgehead atoms. The Kier molecular flexibility index (Phi) is 3.65. The van der Waals surface area contributed by atoms with Crippen LogP contribution in [0.1, 0.15) is 24.5 Å². The minimum absolute atomic E-state index is 0.244. The van der Waals surface area contributed by atoms with Crippen LogP contribution in [0.3, 0.4) is 0 Å². The number of allylic oxidation sites excluding steroid dienone is 2. The van der Waals surface area contributed by atoms with Gasteiger partial charge in [-0.25, -0.2) is 4.79 Å². The number of carboxylic acids is 1. The molecule has 0 aliphatic carbocycles. The van der Waals surface area contributed by atoms with Crippen LogP contribution in [0.15, 0.2) is 21.7 Å². The second-order valence-corrected chi connectivity index (χ2v) is 2.98. The number of aliphatic hydroxyl groups is 1. The van der Waals surface area contributed by atoms with E-state index in [-0.39, 0.29) is 17.4 Å². The Hall–Kier alpha value is -2.58. The maximum absolute atomic E-state index is 11.0. The zero-order valence-electron chi connectivity index (χ0n) is 9.00. The number of rotatable bonds is 4. The van der Waals surface area contributed by atoms with E-state index in [4.69, 9.17) is 10.2 Å². The monoisotopic (exact) mass is 239 g/mol. The molecule has 1 aromatic heterocycles. The van der Waals surface area contributed by atoms with Gasteiger partial charge >= 0.3 is 5.97 Å². The van der Waals surface area contributed by atoms with E-state index in [1.165, 1.54) is 13.8 Å². The van der Waals surface area contributed by atoms with Crippen molar-refractivity contribution in [3.8, 4) is 0 Å². The molecule has 0 aromatic carbocycles. The van der Waals surface area contributed by atoms with Crippen LogP contribution in [0.25, 0.3) is 0 Å². The number of H-pyrrole nitrogens is 1. The van der Waals surface area contributed by atoms with Gasteiger partial charge in [-0.3, -0.25) is 9.89 Å². The Bertz CT molecular complexity index is 512. The molecule has 0 spiro atoms. The number of aromatic carboxylic acids is 1. The number of hydrogen-bond donors (Lipinski definition) is 3. The van der Waals surface area contributed by atoms with Crippen molar-refractivity contribution in [3.63, 3.8) is 0 Å². The number of nitrogens with zero attached hydrogens (tertiary/aromatic N) is 4. The van der Waals surface area contributed by atoms with Gasteiger partial charge in [0.2, 0.25) is 5.82 Å². The second kappa shape index (κ2) is 4.96. The molecule has 0 amide bonds. The SMILES string of the molecule is CC(=O)/C(N=Nc1n[nH]c(C(=O)O)n1)=C(/C)O. The number of ketones is 1. The Balaban J connectivity index is 2.93. The molecule has 0 aliphatic heterocycles. The van der Waals surface area contributed by atoms with E-state index >= 15 is 0 Å². The van der Waals surface area contributed by atoms with Crippen molar-refractivity contribution in [1.82, 2.24) is 15.2 Å². The average Bonchev–Trinajstić information content (AvgIpc) is 2.65. The van der Waals surface area contributed by atoms with Gasteiger partial charge in [-0.05, 0) is 6.92 Å². The van der Waals surface area contributed by atoms with E-state index in [9.17, 15) is 9.59 Å². The first-order chi connectivity index (χ1) is 7.91. The number of aromatic amines is 1. The van der Waals surface area contributed by atoms with Crippen LogP contribution in [0, 0.1) is 0 Å². The maximum atomic E-state index is 11.0. The normalized spacial score (nSPS) is 12.6. The summed E-state index contributed by atoms with van der Waals surface area (Å²) in [6, 6.07) is 0. The molecule has 0 fully saturated rings. The highest BCUT2D eigenvalue weighted by atomic mass is 16.4. The van der Waals surface area contributed by atoms with Crippen LogP contribution < -0.4 is 0 Å². The quantitative estimate of drug-likeness (QED) is 0.406. The number of aliphatic hydroxyl groups excluding tert-OH is 1. The molecule has 1 rings (SSSR count). The van der Waals surface area contributed by atoms with Crippen LogP contribution in [-0.2, 0) is 4.79 Å². The van der Waals surface area contributed by atoms with E-state index in [1.54, 1.807) is 0 Å². The zero-order valence-corrected chi connectivity index (χ0v) is 9.00. The first-order valence-electron chi connectivity index (χ1n) is 4.40. The molecule has 0 aliphatic rings. The van der Waals surface area contributed by atoms with Gasteiger partial charge in [-0.1, -0.05) is 0 Å². The minimum atomic E-state index is -1.29. The molecule has 17 heavy (non-hydrogen) atoms. The molecule has 9 heteroatoms. The van der Waals surface area contributed by atoms with Gasteiger partial charge < -0.3 is 10.2 Å². The van der Waals surface area contributed by atoms with Crippen LogP contribution in [0.4, 0.5) is 5.95 Å². The Morgan fingerprint density at radius 3 is 2.35 bits per heavy atom. The number of carboxylic acid groups (broad SMARTS) is 1. The number of azo groups is 1. The van der Waals surface area contributed by atoms with Crippen molar-refractivity contribution in [2.75, 3.05) is 0 Å². The molecular weight excluding hydrogens is 230 g/mol. The summed E-state index contributed by atoms with van der Waals surface area (Å²) in [5.41, 5.74) is -0.244. The highest BCUT2D eigenvalue weighted by Crippen LogP contribution is 2.10. The number of nitrogens with one attached hydrogen (secondary N) is 1. The third kappa shape index (κ3) is 3.19. The van der Waals surface area contributed by atoms with Crippen molar-refractivity contribution in [2.24, 2.45) is 10.2 Å². The van der Waals surface area contributed by atoms with Crippen LogP contribution in [0.5, 0.6) is 0 Å². The van der Waals surface area contributed by atoms with Crippen molar-refractivity contribution < 1.29 is 19.8 Å². The summed E-state index contributed by atoms with van der Waals surface area (Å²) in [5.74, 6) is -2.71. The predicted octanol–water partition coefficient (Wildman–Crippen LogP) is 0.965. The Morgan fingerprint density at radius 1 is 1.29 bits per heavy atom. The van der Waals surface area contributed by atoms with Gasteiger partial charge in [0.15, 0.2) is 11.5 Å². The zero-order chi connectivity index (χ0) is 13.0. The van der Waals surface area contributed by atoms with E-state index in [0.29, 0.717) is 0 Å². The fraction of sp³-hybridized carbons (Fsp3) is 0.250. The van der Waals surface area contributed by atoms with Crippen molar-refractivity contribution >= 4 is 17.7 Å². The topological polar surface area (TPSA) is 141 Å². The Morgan fingerprint density at radius 2 is 1.94 bits per heavy atom. The summed E-state index contributed by atoms with van der Waals surface area (Å²) in [5, 5.41) is 30.1. The van der Waals surface area contributed by atoms with Gasteiger partial charge in [0.25, 0.3) is 5.95 Å². The lowest BCUT2D eigenvalue weighted by atomic mass is 10.3. The van der Waals surface area contributed by atoms with E-state index in [1.807, 2.05) is 0 Å². The lowest BCUT2D eigenvalue weighted by molar-refractivity contribution is -0.113. The molecule has 3 N–H and O–H groups in total. The third-order valence-corrected chi connectivity index (χ3v) is 1.59. The van der Waals surface area contributed by atoms with Gasteiger partial charge in [0.05, 0.1) is 0 Å². The molecular formula is C8H9N5O4. The number of hydrogen-bond acceptors (Lipinski definition) is 7. The summed E-state index contributed by atoms with van der Waals surface area (Å²) >= 11 is 0. The fourth-order valence-electron chi connectivity index (χ4n) is 0.886. The van der Waals surface area contributed by atoms with Gasteiger partial charge in [-0.2, -0.15) is 4.98 Å². The summed E-state index contributed by atoms with van der Waals surface area (Å²) < 4.78 is 0. The van der Waals surface area contributed by atoms with Crippen LogP contribution >= 0.6 is 0 Å². The second-order valence-electron chi connectivity index (χ2n) is 2.98. The number of carbonyl (C=O) groups excluding carboxylic acids is 1. The maximum Gasteiger partial charge on any atom is 0.373 e. The number of Topliss-reactive ketones (excluding diaryl/α,β-unsaturated/α-hetero) is 1. The largest absolute Gasteiger partial charge is 0.510 e. The van der Waals surface area contributed by atoms with Gasteiger partial charge in [-0.15, -0.1) is 15.3 Å². The number of carbonyl (C=O) groups is 2. The summed E-state index contributed by atoms with van der Waals surface area (Å²) in [7, 11) is 0. The highest BCUT2D eigenvalue weighted by molar-refractivity contribution is 5.93. The first-order valence-corrected chi connectivity index (χ1v) is 4.40. The molecule has 0 radical (unpaired) electrons. The van der Waals surface area contributed by atoms with E-state index in [2.05, 4.69) is 25.4 Å². The van der Waals surface area contributed by atoms with E-state index in [0.717, 1.165) is 0 Å². The number of aromatic nitrogens is 3. The minimum Gasteiger partial charge on any atom is -0.510 e. The van der Waals surface area contributed by atoms with Crippen molar-refractivity contribution in [3.05, 3.63) is 17.3 Å². The molecule has 90 valence electrons. The van der Waals surface area contributed by atoms with Gasteiger partial charge in [0, 0.05) is 6.92 Å². The summed E-state index contributed by atoms with van der Waals surface area (Å²) in [4.78, 5) is 24.9. The van der Waals surface area contributed by atoms with Gasteiger partial charge in [0.1, 0.15) is 5.76 Å². The Labute approximate surface area is 94.9 Å². The van der Waals surface area contributed by atoms with Crippen LogP contribution in [0.2, 0.25) is 0 Å². The van der Waals surface area contributed by atoms with Crippen molar-refractivity contribution in [2.45, 2.75) is 13.8 Å². The molecule has 0 unspecified atom stereocenters. The van der Waals surface area contributed by atoms with Crippen molar-refractivity contribution in [1.29, 1.82) is 0 Å². The fourth-order valence-corrected chi connectivity index (χ4v) is 0.886. The smallest absolute Gasteiger partial charge is 0.373 e. The summed E-state index contributed by atoms with van der Waals surface area (Å²) in [6.45, 7) is 2.48. The molecule has 1 heterocycles. The molecule has 1 aromatic rings. The lowest BCUT2D eigenvalue weighted by Crippen LogP contribution is -1.98. The summed E-state index contributed by atoms with van der Waals surface area (Å²) in [6.07, 6.45) is 0. The first kappa shape index (κ1) is 12.5. The molecule has 0 saturated heterocycles. The predicted molar refractivity (Wildman–Crippen MR) is 53.9 cm³/mol. The van der Waals surface area contributed by atoms with E-state index < -0.39 is 17.6 Å². The molecule has 0 saturated carbocycles. The third-order valence-electron chi connectivity index (χ3n) is 1.59. The standard InChI is InChI=1S/C8H9N5O4/c1-3(14)5(4(2)15)10-12-8-9-6(7(16)17)11-13-8/h14H,1-2H3,(H,16,17)(H,9,11,13)/b5-3+,12-10?. The lowest BCUT2D eigenvalue weighted by Gasteiger charge is -1.94. The highest BCUT2D eigenvalue weighted by Gasteiger charge is 2.10.